The van der Waals surface area contributed by atoms with Crippen molar-refractivity contribution in [2.45, 2.75) is 90.3 Å². The minimum absolute atomic E-state index is 0.0878. The van der Waals surface area contributed by atoms with E-state index < -0.39 is 12.1 Å². The standard InChI is InChI=1S/C23H31N3O3/c1-15-12-18(16(2)26(15)21-10-11-21)13-19(14-24)23(28)29-17(3)22(27)25-20-8-6-4-5-7-9-20/h12-13,17,20-21H,4-11H2,1-3H3,(H,25,27)/b19-13+/t17-/m1/s1. The molecule has 0 unspecified atom stereocenters. The third-order valence-corrected chi connectivity index (χ3v) is 5.93. The third kappa shape index (κ3) is 5.29. The lowest BCUT2D eigenvalue weighted by molar-refractivity contribution is -0.151. The molecule has 1 atom stereocenters. The van der Waals surface area contributed by atoms with Crippen LogP contribution in [0.25, 0.3) is 6.08 Å². The number of nitrogens with one attached hydrogen (secondary N) is 1. The lowest BCUT2D eigenvalue weighted by Gasteiger charge is -2.19. The molecule has 2 aliphatic rings. The fourth-order valence-corrected chi connectivity index (χ4v) is 4.16. The van der Waals surface area contributed by atoms with E-state index in [1.807, 2.05) is 26.0 Å². The number of ether oxygens (including phenoxy) is 1. The first-order valence-corrected chi connectivity index (χ1v) is 10.7. The van der Waals surface area contributed by atoms with Crippen molar-refractivity contribution in [3.8, 4) is 6.07 Å². The van der Waals surface area contributed by atoms with Crippen LogP contribution in [0.1, 0.15) is 81.3 Å². The maximum atomic E-state index is 12.5. The normalized spacial score (nSPS) is 19.2. The highest BCUT2D eigenvalue weighted by molar-refractivity contribution is 5.99. The molecule has 0 radical (unpaired) electrons. The summed E-state index contributed by atoms with van der Waals surface area (Å²) in [6.45, 7) is 5.59. The van der Waals surface area contributed by atoms with Crippen molar-refractivity contribution in [1.82, 2.24) is 9.88 Å². The number of rotatable bonds is 6. The summed E-state index contributed by atoms with van der Waals surface area (Å²) in [4.78, 5) is 24.9. The summed E-state index contributed by atoms with van der Waals surface area (Å²) in [5.41, 5.74) is 2.93. The van der Waals surface area contributed by atoms with Crippen LogP contribution in [0.5, 0.6) is 0 Å². The van der Waals surface area contributed by atoms with Crippen LogP contribution in [0.2, 0.25) is 0 Å². The van der Waals surface area contributed by atoms with Gasteiger partial charge in [-0.25, -0.2) is 4.79 Å². The molecule has 2 fully saturated rings. The van der Waals surface area contributed by atoms with E-state index in [1.165, 1.54) is 25.7 Å². The molecule has 3 rings (SSSR count). The molecule has 0 spiro atoms. The van der Waals surface area contributed by atoms with Crippen molar-refractivity contribution in [2.75, 3.05) is 0 Å². The van der Waals surface area contributed by atoms with Gasteiger partial charge in [0.05, 0.1) is 0 Å². The predicted octanol–water partition coefficient (Wildman–Crippen LogP) is 4.12. The first kappa shape index (κ1) is 21.2. The van der Waals surface area contributed by atoms with Gasteiger partial charge in [-0.1, -0.05) is 25.7 Å². The highest BCUT2D eigenvalue weighted by atomic mass is 16.5. The average Bonchev–Trinajstić information content (AvgIpc) is 3.50. The fourth-order valence-electron chi connectivity index (χ4n) is 4.16. The Labute approximate surface area is 172 Å². The van der Waals surface area contributed by atoms with Gasteiger partial charge in [0, 0.05) is 23.5 Å². The topological polar surface area (TPSA) is 84.1 Å². The van der Waals surface area contributed by atoms with Crippen LogP contribution in [0, 0.1) is 25.2 Å². The molecule has 1 aromatic rings. The molecule has 1 heterocycles. The van der Waals surface area contributed by atoms with E-state index in [2.05, 4.69) is 9.88 Å². The minimum Gasteiger partial charge on any atom is -0.448 e. The Morgan fingerprint density at radius 2 is 1.86 bits per heavy atom. The highest BCUT2D eigenvalue weighted by Gasteiger charge is 2.27. The second-order valence-electron chi connectivity index (χ2n) is 8.34. The second-order valence-corrected chi connectivity index (χ2v) is 8.34. The number of hydrogen-bond acceptors (Lipinski definition) is 4. The Kier molecular flexibility index (Phi) is 6.79. The summed E-state index contributed by atoms with van der Waals surface area (Å²) in [5.74, 6) is -1.05. The predicted molar refractivity (Wildman–Crippen MR) is 111 cm³/mol. The quantitative estimate of drug-likeness (QED) is 0.339. The number of hydrogen-bond donors (Lipinski definition) is 1. The van der Waals surface area contributed by atoms with E-state index in [0.717, 1.165) is 42.6 Å². The zero-order valence-electron chi connectivity index (χ0n) is 17.7. The number of amides is 1. The van der Waals surface area contributed by atoms with E-state index in [0.29, 0.717) is 6.04 Å². The smallest absolute Gasteiger partial charge is 0.349 e. The van der Waals surface area contributed by atoms with Crippen LogP contribution < -0.4 is 5.32 Å². The van der Waals surface area contributed by atoms with Gasteiger partial charge < -0.3 is 14.6 Å². The lowest BCUT2D eigenvalue weighted by atomic mass is 10.1. The van der Waals surface area contributed by atoms with Gasteiger partial charge in [0.2, 0.25) is 0 Å². The number of nitrogens with zero attached hydrogens (tertiary/aromatic N) is 2. The summed E-state index contributed by atoms with van der Waals surface area (Å²) in [6.07, 6.45) is 9.53. The first-order chi connectivity index (χ1) is 13.9. The number of carbonyl (C=O) groups excluding carboxylic acids is 2. The van der Waals surface area contributed by atoms with Crippen molar-refractivity contribution in [1.29, 1.82) is 5.26 Å². The van der Waals surface area contributed by atoms with Gasteiger partial charge in [-0.2, -0.15) is 5.26 Å². The average molecular weight is 398 g/mol. The molecule has 0 saturated heterocycles. The van der Waals surface area contributed by atoms with Crippen molar-refractivity contribution in [2.24, 2.45) is 0 Å². The van der Waals surface area contributed by atoms with Gasteiger partial charge in [0.1, 0.15) is 11.6 Å². The summed E-state index contributed by atoms with van der Waals surface area (Å²) in [7, 11) is 0. The van der Waals surface area contributed by atoms with Gasteiger partial charge >= 0.3 is 5.97 Å². The molecule has 0 bridgehead atoms. The molecule has 29 heavy (non-hydrogen) atoms. The molecule has 2 aliphatic carbocycles. The molecule has 0 aliphatic heterocycles. The van der Waals surface area contributed by atoms with Crippen LogP contribution in [-0.2, 0) is 14.3 Å². The molecule has 1 aromatic heterocycles. The number of aromatic nitrogens is 1. The Balaban J connectivity index is 1.63. The van der Waals surface area contributed by atoms with Gasteiger partial charge in [0.25, 0.3) is 5.91 Å². The van der Waals surface area contributed by atoms with Gasteiger partial charge in [0.15, 0.2) is 6.10 Å². The third-order valence-electron chi connectivity index (χ3n) is 5.93. The zero-order chi connectivity index (χ0) is 21.0. The SMILES string of the molecule is Cc1cc(/C=C(\C#N)C(=O)O[C@H](C)C(=O)NC2CCCCCC2)c(C)n1C1CC1. The maximum Gasteiger partial charge on any atom is 0.349 e. The Bertz CT molecular complexity index is 834. The molecule has 156 valence electrons. The molecular weight excluding hydrogens is 366 g/mol. The summed E-state index contributed by atoms with van der Waals surface area (Å²) in [6, 6.07) is 4.59. The molecule has 1 amide bonds. The van der Waals surface area contributed by atoms with Crippen molar-refractivity contribution < 1.29 is 14.3 Å². The maximum absolute atomic E-state index is 12.5. The Morgan fingerprint density at radius 3 is 2.45 bits per heavy atom. The summed E-state index contributed by atoms with van der Waals surface area (Å²) < 4.78 is 7.56. The fraction of sp³-hybridized carbons (Fsp3) is 0.609. The second kappa shape index (κ2) is 9.30. The number of nitriles is 1. The molecule has 0 aromatic carbocycles. The molecule has 1 N–H and O–H groups in total. The Hall–Kier alpha value is -2.55. The Morgan fingerprint density at radius 1 is 1.21 bits per heavy atom. The van der Waals surface area contributed by atoms with E-state index in [9.17, 15) is 14.9 Å². The van der Waals surface area contributed by atoms with Crippen molar-refractivity contribution in [3.63, 3.8) is 0 Å². The van der Waals surface area contributed by atoms with Crippen molar-refractivity contribution in [3.05, 3.63) is 28.6 Å². The van der Waals surface area contributed by atoms with Crippen LogP contribution >= 0.6 is 0 Å². The number of esters is 1. The van der Waals surface area contributed by atoms with Crippen LogP contribution in [0.15, 0.2) is 11.6 Å². The first-order valence-electron chi connectivity index (χ1n) is 10.7. The zero-order valence-corrected chi connectivity index (χ0v) is 17.7. The largest absolute Gasteiger partial charge is 0.448 e. The van der Waals surface area contributed by atoms with E-state index in [4.69, 9.17) is 4.74 Å². The molecule has 6 heteroatoms. The highest BCUT2D eigenvalue weighted by Crippen LogP contribution is 2.38. The van der Waals surface area contributed by atoms with E-state index in [-0.39, 0.29) is 17.5 Å². The van der Waals surface area contributed by atoms with Crippen LogP contribution in [-0.4, -0.2) is 28.6 Å². The number of carbonyl (C=O) groups is 2. The van der Waals surface area contributed by atoms with Crippen LogP contribution in [0.3, 0.4) is 0 Å². The lowest BCUT2D eigenvalue weighted by Crippen LogP contribution is -2.42. The molecule has 2 saturated carbocycles. The van der Waals surface area contributed by atoms with Gasteiger partial charge in [-0.05, 0) is 64.2 Å². The van der Waals surface area contributed by atoms with E-state index >= 15 is 0 Å². The number of aryl methyl sites for hydroxylation is 1. The van der Waals surface area contributed by atoms with Crippen LogP contribution in [0.4, 0.5) is 0 Å². The van der Waals surface area contributed by atoms with Gasteiger partial charge in [-0.15, -0.1) is 0 Å². The monoisotopic (exact) mass is 397 g/mol. The molecular formula is C23H31N3O3. The summed E-state index contributed by atoms with van der Waals surface area (Å²) >= 11 is 0. The van der Waals surface area contributed by atoms with Crippen molar-refractivity contribution >= 4 is 18.0 Å². The summed E-state index contributed by atoms with van der Waals surface area (Å²) in [5, 5.41) is 12.5. The molecule has 6 nitrogen and oxygen atoms in total. The van der Waals surface area contributed by atoms with E-state index in [1.54, 1.807) is 13.0 Å². The minimum atomic E-state index is -0.929. The van der Waals surface area contributed by atoms with Gasteiger partial charge in [-0.3, -0.25) is 4.79 Å².